The molecule has 0 spiro atoms. The standard InChI is InChI=1S/C10H8ClIS/c1-2-6-5-13-10-8(6)3-7(12)4-9(10)11/h3-5H,2H2,1H3. The molecule has 0 N–H and O–H groups in total. The number of aryl methyl sites for hydroxylation is 1. The molecular formula is C10H8ClIS. The summed E-state index contributed by atoms with van der Waals surface area (Å²) >= 11 is 10.2. The summed E-state index contributed by atoms with van der Waals surface area (Å²) in [4.78, 5) is 0. The van der Waals surface area contributed by atoms with Gasteiger partial charge in [-0.25, -0.2) is 0 Å². The molecule has 0 fully saturated rings. The summed E-state index contributed by atoms with van der Waals surface area (Å²) in [6.07, 6.45) is 1.08. The first-order valence-electron chi connectivity index (χ1n) is 4.07. The summed E-state index contributed by atoms with van der Waals surface area (Å²) in [6.45, 7) is 2.18. The van der Waals surface area contributed by atoms with Crippen LogP contribution in [0.5, 0.6) is 0 Å². The molecule has 0 bridgehead atoms. The number of hydrogen-bond acceptors (Lipinski definition) is 1. The number of fused-ring (bicyclic) bond motifs is 1. The van der Waals surface area contributed by atoms with Crippen molar-refractivity contribution in [3.05, 3.63) is 31.7 Å². The van der Waals surface area contributed by atoms with E-state index >= 15 is 0 Å². The first-order valence-corrected chi connectivity index (χ1v) is 6.41. The van der Waals surface area contributed by atoms with Crippen molar-refractivity contribution < 1.29 is 0 Å². The van der Waals surface area contributed by atoms with E-state index < -0.39 is 0 Å². The van der Waals surface area contributed by atoms with Crippen molar-refractivity contribution in [3.63, 3.8) is 0 Å². The Hall–Kier alpha value is 0.200. The number of thiophene rings is 1. The fourth-order valence-corrected chi connectivity index (χ4v) is 3.59. The second-order valence-electron chi connectivity index (χ2n) is 2.88. The Labute approximate surface area is 100 Å². The Bertz CT molecular complexity index is 447. The Morgan fingerprint density at radius 1 is 1.46 bits per heavy atom. The van der Waals surface area contributed by atoms with E-state index in [1.54, 1.807) is 11.3 Å². The molecule has 0 aliphatic carbocycles. The van der Waals surface area contributed by atoms with Gasteiger partial charge in [-0.05, 0) is 57.5 Å². The van der Waals surface area contributed by atoms with Crippen molar-refractivity contribution in [2.45, 2.75) is 13.3 Å². The Kier molecular flexibility index (Phi) is 2.81. The van der Waals surface area contributed by atoms with Crippen molar-refractivity contribution in [2.24, 2.45) is 0 Å². The van der Waals surface area contributed by atoms with Gasteiger partial charge >= 0.3 is 0 Å². The Balaban J connectivity index is 2.82. The van der Waals surface area contributed by atoms with Gasteiger partial charge in [0, 0.05) is 3.57 Å². The van der Waals surface area contributed by atoms with Gasteiger partial charge < -0.3 is 0 Å². The first kappa shape index (κ1) is 9.74. The molecule has 0 aliphatic heterocycles. The highest BCUT2D eigenvalue weighted by atomic mass is 127. The minimum absolute atomic E-state index is 0.881. The Morgan fingerprint density at radius 3 is 2.92 bits per heavy atom. The summed E-state index contributed by atoms with van der Waals surface area (Å²) < 4.78 is 2.43. The van der Waals surface area contributed by atoms with Gasteiger partial charge in [-0.1, -0.05) is 18.5 Å². The molecule has 3 heteroatoms. The Morgan fingerprint density at radius 2 is 2.23 bits per heavy atom. The van der Waals surface area contributed by atoms with Crippen LogP contribution >= 0.6 is 45.5 Å². The lowest BCUT2D eigenvalue weighted by atomic mass is 10.1. The van der Waals surface area contributed by atoms with Crippen molar-refractivity contribution in [2.75, 3.05) is 0 Å². The van der Waals surface area contributed by atoms with Gasteiger partial charge in [-0.3, -0.25) is 0 Å². The molecule has 0 saturated heterocycles. The number of halogens is 2. The largest absolute Gasteiger partial charge is 0.142 e. The maximum atomic E-state index is 6.14. The molecule has 0 nitrogen and oxygen atoms in total. The van der Waals surface area contributed by atoms with Crippen LogP contribution in [0, 0.1) is 3.57 Å². The molecule has 0 atom stereocenters. The minimum atomic E-state index is 0.881. The lowest BCUT2D eigenvalue weighted by Gasteiger charge is -1.97. The average Bonchev–Trinajstić information content (AvgIpc) is 2.47. The van der Waals surface area contributed by atoms with Gasteiger partial charge in [-0.2, -0.15) is 0 Å². The van der Waals surface area contributed by atoms with Crippen LogP contribution in [0.2, 0.25) is 5.02 Å². The molecule has 0 unspecified atom stereocenters. The minimum Gasteiger partial charge on any atom is -0.142 e. The highest BCUT2D eigenvalue weighted by Gasteiger charge is 2.06. The van der Waals surface area contributed by atoms with Crippen LogP contribution in [-0.4, -0.2) is 0 Å². The van der Waals surface area contributed by atoms with Crippen LogP contribution in [0.25, 0.3) is 10.1 Å². The van der Waals surface area contributed by atoms with E-state index in [2.05, 4.69) is 41.0 Å². The van der Waals surface area contributed by atoms with Crippen molar-refractivity contribution >= 4 is 55.6 Å². The number of benzene rings is 1. The second-order valence-corrected chi connectivity index (χ2v) is 5.41. The van der Waals surface area contributed by atoms with E-state index in [4.69, 9.17) is 11.6 Å². The summed E-state index contributed by atoms with van der Waals surface area (Å²) in [5.41, 5.74) is 1.40. The van der Waals surface area contributed by atoms with Gasteiger partial charge in [0.15, 0.2) is 0 Å². The molecule has 1 heterocycles. The van der Waals surface area contributed by atoms with E-state index in [0.29, 0.717) is 0 Å². The van der Waals surface area contributed by atoms with E-state index in [1.165, 1.54) is 19.2 Å². The summed E-state index contributed by atoms with van der Waals surface area (Å²) in [7, 11) is 0. The molecule has 0 saturated carbocycles. The average molecular weight is 323 g/mol. The topological polar surface area (TPSA) is 0 Å². The van der Waals surface area contributed by atoms with Crippen LogP contribution in [0.4, 0.5) is 0 Å². The summed E-state index contributed by atoms with van der Waals surface area (Å²) in [5.74, 6) is 0. The van der Waals surface area contributed by atoms with E-state index in [1.807, 2.05) is 6.07 Å². The van der Waals surface area contributed by atoms with Gasteiger partial charge in [0.25, 0.3) is 0 Å². The van der Waals surface area contributed by atoms with Gasteiger partial charge in [0.1, 0.15) is 0 Å². The van der Waals surface area contributed by atoms with Crippen LogP contribution < -0.4 is 0 Å². The molecule has 0 aliphatic rings. The molecule has 2 aromatic rings. The first-order chi connectivity index (χ1) is 6.22. The molecule has 1 aromatic heterocycles. The van der Waals surface area contributed by atoms with E-state index in [-0.39, 0.29) is 0 Å². The van der Waals surface area contributed by atoms with Crippen LogP contribution in [0.1, 0.15) is 12.5 Å². The van der Waals surface area contributed by atoms with Gasteiger partial charge in [-0.15, -0.1) is 11.3 Å². The number of hydrogen-bond donors (Lipinski definition) is 0. The van der Waals surface area contributed by atoms with Crippen LogP contribution in [0.15, 0.2) is 17.5 Å². The third-order valence-electron chi connectivity index (χ3n) is 2.05. The molecule has 2 rings (SSSR count). The molecule has 0 amide bonds. The second kappa shape index (κ2) is 3.75. The predicted octanol–water partition coefficient (Wildman–Crippen LogP) is 4.72. The zero-order valence-electron chi connectivity index (χ0n) is 7.10. The zero-order chi connectivity index (χ0) is 9.42. The highest BCUT2D eigenvalue weighted by molar-refractivity contribution is 14.1. The molecule has 0 radical (unpaired) electrons. The van der Waals surface area contributed by atoms with E-state index in [0.717, 1.165) is 11.4 Å². The fraction of sp³-hybridized carbons (Fsp3) is 0.200. The highest BCUT2D eigenvalue weighted by Crippen LogP contribution is 2.33. The fourth-order valence-electron chi connectivity index (χ4n) is 1.39. The normalized spacial score (nSPS) is 11.0. The lowest BCUT2D eigenvalue weighted by molar-refractivity contribution is 1.17. The van der Waals surface area contributed by atoms with Crippen LogP contribution in [-0.2, 0) is 6.42 Å². The smallest absolute Gasteiger partial charge is 0.0594 e. The monoisotopic (exact) mass is 322 g/mol. The number of rotatable bonds is 1. The zero-order valence-corrected chi connectivity index (χ0v) is 10.8. The predicted molar refractivity (Wildman–Crippen MR) is 68.9 cm³/mol. The quantitative estimate of drug-likeness (QED) is 0.666. The molecular weight excluding hydrogens is 315 g/mol. The SMILES string of the molecule is CCc1csc2c(Cl)cc(I)cc12. The van der Waals surface area contributed by atoms with Crippen molar-refractivity contribution in [3.8, 4) is 0 Å². The van der Waals surface area contributed by atoms with Gasteiger partial charge in [0.05, 0.1) is 9.72 Å². The van der Waals surface area contributed by atoms with Crippen LogP contribution in [0.3, 0.4) is 0 Å². The lowest BCUT2D eigenvalue weighted by Crippen LogP contribution is -1.77. The molecule has 1 aromatic carbocycles. The summed E-state index contributed by atoms with van der Waals surface area (Å²) in [5, 5.41) is 4.41. The van der Waals surface area contributed by atoms with Crippen molar-refractivity contribution in [1.29, 1.82) is 0 Å². The van der Waals surface area contributed by atoms with E-state index in [9.17, 15) is 0 Å². The van der Waals surface area contributed by atoms with Gasteiger partial charge in [0.2, 0.25) is 0 Å². The molecule has 68 valence electrons. The maximum absolute atomic E-state index is 6.14. The van der Waals surface area contributed by atoms with Crippen molar-refractivity contribution in [1.82, 2.24) is 0 Å². The summed E-state index contributed by atoms with van der Waals surface area (Å²) in [6, 6.07) is 4.22. The third kappa shape index (κ3) is 1.72. The molecule has 13 heavy (non-hydrogen) atoms. The third-order valence-corrected chi connectivity index (χ3v) is 4.17. The maximum Gasteiger partial charge on any atom is 0.0594 e.